The lowest BCUT2D eigenvalue weighted by atomic mass is 10.2. The van der Waals surface area contributed by atoms with Crippen molar-refractivity contribution < 1.29 is 14.1 Å². The molecule has 6 nitrogen and oxygen atoms in total. The molecule has 0 fully saturated rings. The van der Waals surface area contributed by atoms with E-state index in [0.29, 0.717) is 39.6 Å². The molecule has 0 aromatic carbocycles. The largest absolute Gasteiger partial charge is 0.462 e. The summed E-state index contributed by atoms with van der Waals surface area (Å²) in [6, 6.07) is 5.88. The Balaban J connectivity index is 2.06. The number of fused-ring (bicyclic) bond motifs is 1. The van der Waals surface area contributed by atoms with E-state index < -0.39 is 5.97 Å². The molecule has 0 spiro atoms. The molecule has 0 radical (unpaired) electrons. The van der Waals surface area contributed by atoms with Crippen molar-refractivity contribution in [1.29, 1.82) is 0 Å². The third kappa shape index (κ3) is 2.94. The van der Waals surface area contributed by atoms with Crippen molar-refractivity contribution in [2.45, 2.75) is 27.3 Å². The number of pyridine rings is 1. The van der Waals surface area contributed by atoms with E-state index in [0.717, 1.165) is 5.69 Å². The Labute approximate surface area is 142 Å². The van der Waals surface area contributed by atoms with Gasteiger partial charge in [-0.25, -0.2) is 9.78 Å². The van der Waals surface area contributed by atoms with E-state index in [9.17, 15) is 9.59 Å². The summed E-state index contributed by atoms with van der Waals surface area (Å²) in [5, 5.41) is 0.460. The Bertz CT molecular complexity index is 975. The minimum Gasteiger partial charge on any atom is -0.462 e. The van der Waals surface area contributed by atoms with Crippen LogP contribution in [0.1, 0.15) is 33.7 Å². The number of ether oxygens (including phenoxy) is 1. The van der Waals surface area contributed by atoms with Gasteiger partial charge in [0.05, 0.1) is 12.0 Å². The first-order valence-corrected chi connectivity index (χ1v) is 8.47. The highest BCUT2D eigenvalue weighted by Crippen LogP contribution is 2.27. The van der Waals surface area contributed by atoms with E-state index in [1.807, 2.05) is 35.9 Å². The average molecular weight is 344 g/mol. The summed E-state index contributed by atoms with van der Waals surface area (Å²) in [5.74, 6) is 0.149. The van der Waals surface area contributed by atoms with Gasteiger partial charge >= 0.3 is 5.97 Å². The molecule has 3 heterocycles. The van der Waals surface area contributed by atoms with Crippen molar-refractivity contribution in [3.05, 3.63) is 56.7 Å². The molecule has 0 atom stereocenters. The Hall–Kier alpha value is -2.54. The van der Waals surface area contributed by atoms with Crippen molar-refractivity contribution in [3.63, 3.8) is 0 Å². The predicted molar refractivity (Wildman–Crippen MR) is 91.4 cm³/mol. The van der Waals surface area contributed by atoms with Gasteiger partial charge in [-0.05, 0) is 19.4 Å². The second kappa shape index (κ2) is 6.52. The Morgan fingerprint density at radius 2 is 2.17 bits per heavy atom. The van der Waals surface area contributed by atoms with Gasteiger partial charge in [-0.1, -0.05) is 6.07 Å². The molecule has 3 aromatic heterocycles. The lowest BCUT2D eigenvalue weighted by Crippen LogP contribution is -2.38. The number of rotatable bonds is 4. The van der Waals surface area contributed by atoms with Crippen molar-refractivity contribution in [3.8, 4) is 0 Å². The Morgan fingerprint density at radius 1 is 1.38 bits per heavy atom. The summed E-state index contributed by atoms with van der Waals surface area (Å²) in [4.78, 5) is 32.8. The van der Waals surface area contributed by atoms with Crippen LogP contribution < -0.4 is 10.1 Å². The second-order valence-corrected chi connectivity index (χ2v) is 6.44. The van der Waals surface area contributed by atoms with Crippen molar-refractivity contribution >= 4 is 27.5 Å². The van der Waals surface area contributed by atoms with Crippen LogP contribution in [0.15, 0.2) is 29.2 Å². The number of nitrogens with zero attached hydrogens (tertiary/aromatic N) is 2. The fourth-order valence-electron chi connectivity index (χ4n) is 2.56. The van der Waals surface area contributed by atoms with E-state index in [4.69, 9.17) is 4.74 Å². The minimum atomic E-state index is -0.410. The number of hydrogen-bond donors (Lipinski definition) is 1. The molecule has 0 aliphatic carbocycles. The standard InChI is InChI=1S/C17H17N3O3S/c1-4-23-17(22)14-11(3)13-15(21)18-12(19-16(13)24-14)9-20-8-6-5-7-10(20)2/h5-8H,4,9H2,1-3H3/p+1. The molecule has 0 unspecified atom stereocenters. The average Bonchev–Trinajstić information content (AvgIpc) is 2.87. The fraction of sp³-hybridized carbons (Fsp3) is 0.294. The van der Waals surface area contributed by atoms with Crippen LogP contribution in [-0.4, -0.2) is 22.5 Å². The van der Waals surface area contributed by atoms with E-state index >= 15 is 0 Å². The van der Waals surface area contributed by atoms with Crippen LogP contribution in [0, 0.1) is 13.8 Å². The first kappa shape index (κ1) is 16.3. The summed E-state index contributed by atoms with van der Waals surface area (Å²) < 4.78 is 7.04. The van der Waals surface area contributed by atoms with Crippen LogP contribution in [0.4, 0.5) is 0 Å². The number of nitrogens with one attached hydrogen (secondary N) is 1. The van der Waals surface area contributed by atoms with Crippen LogP contribution in [0.2, 0.25) is 0 Å². The lowest BCUT2D eigenvalue weighted by molar-refractivity contribution is -0.695. The zero-order valence-corrected chi connectivity index (χ0v) is 14.6. The molecule has 3 rings (SSSR count). The number of aromatic nitrogens is 3. The molecule has 0 saturated heterocycles. The van der Waals surface area contributed by atoms with Gasteiger partial charge in [-0.3, -0.25) is 4.79 Å². The van der Waals surface area contributed by atoms with E-state index in [-0.39, 0.29) is 5.56 Å². The molecule has 1 N–H and O–H groups in total. The van der Waals surface area contributed by atoms with Gasteiger partial charge in [0.2, 0.25) is 6.54 Å². The fourth-order valence-corrected chi connectivity index (χ4v) is 3.65. The molecule has 124 valence electrons. The maximum atomic E-state index is 12.4. The molecule has 24 heavy (non-hydrogen) atoms. The monoisotopic (exact) mass is 344 g/mol. The number of aryl methyl sites for hydroxylation is 2. The number of thiophene rings is 1. The quantitative estimate of drug-likeness (QED) is 0.581. The first-order valence-electron chi connectivity index (χ1n) is 7.65. The summed E-state index contributed by atoms with van der Waals surface area (Å²) in [6.45, 7) is 6.25. The number of esters is 1. The van der Waals surface area contributed by atoms with Crippen molar-refractivity contribution in [2.75, 3.05) is 6.61 Å². The zero-order valence-electron chi connectivity index (χ0n) is 13.8. The van der Waals surface area contributed by atoms with Gasteiger partial charge in [-0.2, -0.15) is 4.57 Å². The van der Waals surface area contributed by atoms with E-state index in [1.54, 1.807) is 13.8 Å². The van der Waals surface area contributed by atoms with E-state index in [2.05, 4.69) is 9.97 Å². The molecule has 7 heteroatoms. The summed E-state index contributed by atoms with van der Waals surface area (Å²) >= 11 is 1.20. The Kier molecular flexibility index (Phi) is 4.44. The van der Waals surface area contributed by atoms with Gasteiger partial charge in [-0.15, -0.1) is 11.3 Å². The number of H-pyrrole nitrogens is 1. The van der Waals surface area contributed by atoms with E-state index in [1.165, 1.54) is 11.3 Å². The third-order valence-electron chi connectivity index (χ3n) is 3.80. The van der Waals surface area contributed by atoms with Gasteiger partial charge in [0, 0.05) is 19.1 Å². The van der Waals surface area contributed by atoms with Crippen LogP contribution >= 0.6 is 11.3 Å². The van der Waals surface area contributed by atoms with Gasteiger partial charge < -0.3 is 9.72 Å². The Morgan fingerprint density at radius 3 is 2.88 bits per heavy atom. The molecular weight excluding hydrogens is 326 g/mol. The molecule has 0 aliphatic heterocycles. The minimum absolute atomic E-state index is 0.228. The summed E-state index contributed by atoms with van der Waals surface area (Å²) in [5.41, 5.74) is 1.46. The van der Waals surface area contributed by atoms with Gasteiger partial charge in [0.1, 0.15) is 9.71 Å². The topological polar surface area (TPSA) is 75.9 Å². The molecule has 0 bridgehead atoms. The van der Waals surface area contributed by atoms with Crippen molar-refractivity contribution in [1.82, 2.24) is 9.97 Å². The summed E-state index contributed by atoms with van der Waals surface area (Å²) in [7, 11) is 0. The van der Waals surface area contributed by atoms with Crippen LogP contribution in [0.25, 0.3) is 10.2 Å². The van der Waals surface area contributed by atoms with Crippen LogP contribution in [0.5, 0.6) is 0 Å². The number of carbonyl (C=O) groups is 1. The molecule has 0 amide bonds. The second-order valence-electron chi connectivity index (χ2n) is 5.44. The predicted octanol–water partition coefficient (Wildman–Crippen LogP) is 2.11. The first-order chi connectivity index (χ1) is 11.5. The maximum absolute atomic E-state index is 12.4. The maximum Gasteiger partial charge on any atom is 0.348 e. The van der Waals surface area contributed by atoms with Crippen LogP contribution in [0.3, 0.4) is 0 Å². The molecular formula is C17H18N3O3S+. The SMILES string of the molecule is CCOC(=O)c1sc2nc(C[n+]3ccccc3C)[nH]c(=O)c2c1C. The van der Waals surface area contributed by atoms with Gasteiger partial charge in [0.15, 0.2) is 17.7 Å². The molecule has 3 aromatic rings. The number of carbonyl (C=O) groups excluding carboxylic acids is 1. The van der Waals surface area contributed by atoms with Crippen LogP contribution in [-0.2, 0) is 11.3 Å². The lowest BCUT2D eigenvalue weighted by Gasteiger charge is -2.00. The molecule has 0 aliphatic rings. The number of hydrogen-bond acceptors (Lipinski definition) is 5. The van der Waals surface area contributed by atoms with Gasteiger partial charge in [0.25, 0.3) is 5.56 Å². The smallest absolute Gasteiger partial charge is 0.348 e. The van der Waals surface area contributed by atoms with Crippen molar-refractivity contribution in [2.24, 2.45) is 0 Å². The highest BCUT2D eigenvalue weighted by atomic mass is 32.1. The summed E-state index contributed by atoms with van der Waals surface area (Å²) in [6.07, 6.45) is 1.93. The normalized spacial score (nSPS) is 11.0. The third-order valence-corrected chi connectivity index (χ3v) is 4.96. The zero-order chi connectivity index (χ0) is 17.3. The highest BCUT2D eigenvalue weighted by molar-refractivity contribution is 7.20. The number of aromatic amines is 1. The molecule has 0 saturated carbocycles. The highest BCUT2D eigenvalue weighted by Gasteiger charge is 2.21.